The van der Waals surface area contributed by atoms with Crippen molar-refractivity contribution in [1.82, 2.24) is 9.97 Å². The highest BCUT2D eigenvalue weighted by molar-refractivity contribution is 7.17. The molecule has 2 aromatic heterocycles. The highest BCUT2D eigenvalue weighted by Gasteiger charge is 2.19. The van der Waals surface area contributed by atoms with Gasteiger partial charge in [-0.1, -0.05) is 23.5 Å². The molecule has 3 heterocycles. The van der Waals surface area contributed by atoms with E-state index in [0.717, 1.165) is 47.5 Å². The fourth-order valence-corrected chi connectivity index (χ4v) is 4.15. The average molecular weight is 383 g/mol. The number of ketones is 1. The Morgan fingerprint density at radius 3 is 2.85 bits per heavy atom. The number of fused-ring (bicyclic) bond motifs is 1. The van der Waals surface area contributed by atoms with Crippen LogP contribution in [0.15, 0.2) is 30.5 Å². The van der Waals surface area contributed by atoms with Gasteiger partial charge in [-0.2, -0.15) is 0 Å². The third-order valence-electron chi connectivity index (χ3n) is 4.73. The van der Waals surface area contributed by atoms with Crippen LogP contribution in [0, 0.1) is 6.92 Å². The van der Waals surface area contributed by atoms with Gasteiger partial charge in [0.25, 0.3) is 0 Å². The number of benzene rings is 1. The van der Waals surface area contributed by atoms with E-state index in [4.69, 9.17) is 4.74 Å². The Labute approximate surface area is 161 Å². The summed E-state index contributed by atoms with van der Waals surface area (Å²) < 4.78 is 5.20. The molecule has 1 N–H and O–H groups in total. The van der Waals surface area contributed by atoms with Crippen molar-refractivity contribution in [3.8, 4) is 0 Å². The van der Waals surface area contributed by atoms with E-state index in [1.54, 1.807) is 12.3 Å². The minimum atomic E-state index is -0.530. The molecule has 3 aromatic rings. The van der Waals surface area contributed by atoms with E-state index >= 15 is 0 Å². The first-order valence-electron chi connectivity index (χ1n) is 9.10. The van der Waals surface area contributed by atoms with Gasteiger partial charge in [-0.3, -0.25) is 4.79 Å². The lowest BCUT2D eigenvalue weighted by atomic mass is 10.1. The maximum atomic E-state index is 12.4. The molecular weight excluding hydrogens is 362 g/mol. The third kappa shape index (κ3) is 3.88. The van der Waals surface area contributed by atoms with E-state index in [-0.39, 0.29) is 12.4 Å². The van der Waals surface area contributed by atoms with Gasteiger partial charge in [0.15, 0.2) is 11.7 Å². The predicted molar refractivity (Wildman–Crippen MR) is 106 cm³/mol. The van der Waals surface area contributed by atoms with E-state index in [9.17, 15) is 9.59 Å². The highest BCUT2D eigenvalue weighted by Crippen LogP contribution is 2.26. The van der Waals surface area contributed by atoms with Crippen LogP contribution >= 0.6 is 11.3 Å². The van der Waals surface area contributed by atoms with Gasteiger partial charge in [0, 0.05) is 24.0 Å². The number of H-pyrrole nitrogens is 1. The maximum absolute atomic E-state index is 12.4. The number of piperidine rings is 1. The molecule has 0 aliphatic carbocycles. The zero-order valence-corrected chi connectivity index (χ0v) is 16.0. The Kier molecular flexibility index (Phi) is 4.94. The van der Waals surface area contributed by atoms with Crippen molar-refractivity contribution in [1.29, 1.82) is 0 Å². The van der Waals surface area contributed by atoms with E-state index in [2.05, 4.69) is 14.9 Å². The first-order chi connectivity index (χ1) is 13.1. The van der Waals surface area contributed by atoms with Gasteiger partial charge in [-0.15, -0.1) is 0 Å². The molecule has 0 saturated carbocycles. The van der Waals surface area contributed by atoms with Crippen molar-refractivity contribution in [2.45, 2.75) is 26.2 Å². The highest BCUT2D eigenvalue weighted by atomic mass is 32.1. The quantitative estimate of drug-likeness (QED) is 0.533. The summed E-state index contributed by atoms with van der Waals surface area (Å²) in [6.45, 7) is 3.67. The largest absolute Gasteiger partial charge is 0.453 e. The number of thiazole rings is 1. The number of aromatic amines is 1. The molecule has 0 bridgehead atoms. The summed E-state index contributed by atoms with van der Waals surface area (Å²) in [6.07, 6.45) is 5.14. The molecule has 1 aliphatic rings. The molecule has 7 heteroatoms. The summed E-state index contributed by atoms with van der Waals surface area (Å²) in [4.78, 5) is 34.8. The van der Waals surface area contributed by atoms with Gasteiger partial charge >= 0.3 is 5.97 Å². The van der Waals surface area contributed by atoms with Crippen LogP contribution in [0.25, 0.3) is 10.9 Å². The Morgan fingerprint density at radius 2 is 2.04 bits per heavy atom. The van der Waals surface area contributed by atoms with Crippen molar-refractivity contribution >= 4 is 39.1 Å². The maximum Gasteiger partial charge on any atom is 0.355 e. The number of aryl methyl sites for hydroxylation is 1. The van der Waals surface area contributed by atoms with Gasteiger partial charge in [0.2, 0.25) is 5.78 Å². The number of anilines is 1. The minimum absolute atomic E-state index is 0.226. The van der Waals surface area contributed by atoms with Gasteiger partial charge in [-0.05, 0) is 43.9 Å². The summed E-state index contributed by atoms with van der Waals surface area (Å²) >= 11 is 1.37. The normalized spacial score (nSPS) is 14.5. The number of nitrogens with zero attached hydrogens (tertiary/aromatic N) is 2. The zero-order chi connectivity index (χ0) is 18.8. The third-order valence-corrected chi connectivity index (χ3v) is 5.83. The van der Waals surface area contributed by atoms with Crippen LogP contribution in [0.5, 0.6) is 0 Å². The fourth-order valence-electron chi connectivity index (χ4n) is 3.26. The number of hydrogen-bond donors (Lipinski definition) is 1. The molecule has 4 rings (SSSR count). The molecule has 1 saturated heterocycles. The summed E-state index contributed by atoms with van der Waals surface area (Å²) in [5.74, 6) is -0.756. The van der Waals surface area contributed by atoms with Crippen molar-refractivity contribution in [3.05, 3.63) is 46.6 Å². The standard InChI is InChI=1S/C20H21N3O3S/c1-13-5-6-14-10-16(22-15(14)9-13)19(25)26-12-17(24)18-11-21-20(27-18)23-7-3-2-4-8-23/h5-6,9-11,22H,2-4,7-8,12H2,1H3. The number of Topliss-reactive ketones (excluding diaryl/α,β-unsaturated/α-hetero) is 1. The molecular formula is C20H21N3O3S. The van der Waals surface area contributed by atoms with Crippen LogP contribution in [0.3, 0.4) is 0 Å². The van der Waals surface area contributed by atoms with E-state index in [1.165, 1.54) is 17.8 Å². The molecule has 0 radical (unpaired) electrons. The fraction of sp³-hybridized carbons (Fsp3) is 0.350. The van der Waals surface area contributed by atoms with Crippen LogP contribution in [0.4, 0.5) is 5.13 Å². The molecule has 1 fully saturated rings. The van der Waals surface area contributed by atoms with Crippen LogP contribution in [-0.2, 0) is 4.74 Å². The summed E-state index contributed by atoms with van der Waals surface area (Å²) in [5.41, 5.74) is 2.33. The smallest absolute Gasteiger partial charge is 0.355 e. The van der Waals surface area contributed by atoms with Gasteiger partial charge in [0.05, 0.1) is 11.1 Å². The van der Waals surface area contributed by atoms with Gasteiger partial charge in [-0.25, -0.2) is 9.78 Å². The first-order valence-corrected chi connectivity index (χ1v) is 9.92. The molecule has 27 heavy (non-hydrogen) atoms. The molecule has 0 spiro atoms. The lowest BCUT2D eigenvalue weighted by Crippen LogP contribution is -2.29. The molecule has 0 unspecified atom stereocenters. The second-order valence-corrected chi connectivity index (χ2v) is 7.84. The number of hydrogen-bond acceptors (Lipinski definition) is 6. The van der Waals surface area contributed by atoms with Gasteiger partial charge in [0.1, 0.15) is 5.69 Å². The van der Waals surface area contributed by atoms with Crippen molar-refractivity contribution in [2.75, 3.05) is 24.6 Å². The van der Waals surface area contributed by atoms with Crippen LogP contribution < -0.4 is 4.90 Å². The number of nitrogens with one attached hydrogen (secondary N) is 1. The summed E-state index contributed by atoms with van der Waals surface area (Å²) in [7, 11) is 0. The Bertz CT molecular complexity index is 985. The van der Waals surface area contributed by atoms with Gasteiger partial charge < -0.3 is 14.6 Å². The Morgan fingerprint density at radius 1 is 1.22 bits per heavy atom. The van der Waals surface area contributed by atoms with E-state index in [0.29, 0.717) is 10.6 Å². The number of aromatic nitrogens is 2. The number of carbonyl (C=O) groups excluding carboxylic acids is 2. The Hall–Kier alpha value is -2.67. The second kappa shape index (κ2) is 7.52. The molecule has 140 valence electrons. The van der Waals surface area contributed by atoms with Crippen LogP contribution in [-0.4, -0.2) is 41.4 Å². The van der Waals surface area contributed by atoms with Crippen molar-refractivity contribution < 1.29 is 14.3 Å². The molecule has 1 aliphatic heterocycles. The molecule has 1 aromatic carbocycles. The lowest BCUT2D eigenvalue weighted by Gasteiger charge is -2.25. The van der Waals surface area contributed by atoms with E-state index in [1.807, 2.05) is 25.1 Å². The summed E-state index contributed by atoms with van der Waals surface area (Å²) in [5, 5.41) is 1.81. The predicted octanol–water partition coefficient (Wildman–Crippen LogP) is 3.96. The number of esters is 1. The lowest BCUT2D eigenvalue weighted by molar-refractivity contribution is 0.0471. The Balaban J connectivity index is 1.38. The minimum Gasteiger partial charge on any atom is -0.453 e. The molecule has 0 amide bonds. The van der Waals surface area contributed by atoms with Crippen molar-refractivity contribution in [3.63, 3.8) is 0 Å². The molecule has 0 atom stereocenters. The monoisotopic (exact) mass is 383 g/mol. The van der Waals surface area contributed by atoms with Crippen LogP contribution in [0.2, 0.25) is 0 Å². The SMILES string of the molecule is Cc1ccc2cc(C(=O)OCC(=O)c3cnc(N4CCCCC4)s3)[nH]c2c1. The second-order valence-electron chi connectivity index (χ2n) is 6.83. The number of carbonyl (C=O) groups is 2. The molecule has 6 nitrogen and oxygen atoms in total. The van der Waals surface area contributed by atoms with Crippen LogP contribution in [0.1, 0.15) is 45.0 Å². The first kappa shape index (κ1) is 17.7. The topological polar surface area (TPSA) is 75.3 Å². The average Bonchev–Trinajstić information content (AvgIpc) is 3.33. The number of ether oxygens (including phenoxy) is 1. The zero-order valence-electron chi connectivity index (χ0n) is 15.2. The van der Waals surface area contributed by atoms with E-state index < -0.39 is 5.97 Å². The van der Waals surface area contributed by atoms with Crippen molar-refractivity contribution in [2.24, 2.45) is 0 Å². The summed E-state index contributed by atoms with van der Waals surface area (Å²) in [6, 6.07) is 7.64. The number of rotatable bonds is 5.